The second-order valence-electron chi connectivity index (χ2n) is 6.27. The average molecular weight is 331 g/mol. The second-order valence-corrected chi connectivity index (χ2v) is 6.27. The molecule has 0 amide bonds. The molecule has 25 heavy (non-hydrogen) atoms. The Bertz CT molecular complexity index is 1080. The maximum absolute atomic E-state index is 6.37. The molecule has 1 aliphatic heterocycles. The van der Waals surface area contributed by atoms with Gasteiger partial charge in [-0.1, -0.05) is 6.07 Å². The predicted molar refractivity (Wildman–Crippen MR) is 94.7 cm³/mol. The van der Waals surface area contributed by atoms with Gasteiger partial charge in [0.25, 0.3) is 0 Å². The second kappa shape index (κ2) is 5.44. The molecule has 0 bridgehead atoms. The number of aromatic amines is 1. The van der Waals surface area contributed by atoms with E-state index in [9.17, 15) is 0 Å². The van der Waals surface area contributed by atoms with Crippen LogP contribution in [0.25, 0.3) is 22.4 Å². The standard InChI is InChI=1S/C19H17N5O/c1-12-4-2-5-14(22-12)17-18(15-6-3-11-24(15)23-17)25-16-8-10-21-19-13(16)7-9-20-19/h2,4-5,7-10H,3,6,11H2,1H3,(H,20,21). The highest BCUT2D eigenvalue weighted by Gasteiger charge is 2.25. The summed E-state index contributed by atoms with van der Waals surface area (Å²) in [7, 11) is 0. The number of ether oxygens (including phenoxy) is 1. The van der Waals surface area contributed by atoms with Crippen molar-refractivity contribution in [1.29, 1.82) is 0 Å². The number of rotatable bonds is 3. The molecule has 0 fully saturated rings. The summed E-state index contributed by atoms with van der Waals surface area (Å²) >= 11 is 0. The van der Waals surface area contributed by atoms with E-state index in [1.165, 1.54) is 0 Å². The van der Waals surface area contributed by atoms with Crippen molar-refractivity contribution in [2.24, 2.45) is 0 Å². The Morgan fingerprint density at radius 2 is 2.16 bits per heavy atom. The summed E-state index contributed by atoms with van der Waals surface area (Å²) in [5.41, 5.74) is 4.57. The summed E-state index contributed by atoms with van der Waals surface area (Å²) in [5, 5.41) is 5.73. The molecular formula is C19H17N5O. The van der Waals surface area contributed by atoms with E-state index in [1.807, 2.05) is 48.1 Å². The summed E-state index contributed by atoms with van der Waals surface area (Å²) < 4.78 is 8.42. The van der Waals surface area contributed by atoms with Gasteiger partial charge in [0.05, 0.1) is 16.8 Å². The number of H-pyrrole nitrogens is 1. The van der Waals surface area contributed by atoms with E-state index in [0.29, 0.717) is 0 Å². The summed E-state index contributed by atoms with van der Waals surface area (Å²) in [6.07, 6.45) is 5.68. The highest BCUT2D eigenvalue weighted by Crippen LogP contribution is 2.39. The van der Waals surface area contributed by atoms with Crippen LogP contribution in [-0.2, 0) is 13.0 Å². The smallest absolute Gasteiger partial charge is 0.178 e. The van der Waals surface area contributed by atoms with E-state index >= 15 is 0 Å². The molecule has 0 atom stereocenters. The molecular weight excluding hydrogens is 314 g/mol. The molecule has 4 aromatic rings. The van der Waals surface area contributed by atoms with Gasteiger partial charge in [0.1, 0.15) is 11.4 Å². The molecule has 0 unspecified atom stereocenters. The van der Waals surface area contributed by atoms with Gasteiger partial charge in [0.15, 0.2) is 11.4 Å². The maximum atomic E-state index is 6.37. The van der Waals surface area contributed by atoms with Crippen molar-refractivity contribution in [3.8, 4) is 22.9 Å². The number of aromatic nitrogens is 5. The summed E-state index contributed by atoms with van der Waals surface area (Å²) in [6, 6.07) is 9.84. The zero-order valence-corrected chi connectivity index (χ0v) is 13.9. The third kappa shape index (κ3) is 2.29. The van der Waals surface area contributed by atoms with Gasteiger partial charge < -0.3 is 9.72 Å². The minimum atomic E-state index is 0.780. The molecule has 4 aromatic heterocycles. The molecule has 5 rings (SSSR count). The molecule has 1 aliphatic rings. The first kappa shape index (κ1) is 14.2. The molecule has 0 radical (unpaired) electrons. The average Bonchev–Trinajstić information content (AvgIpc) is 3.32. The summed E-state index contributed by atoms with van der Waals surface area (Å²) in [6.45, 7) is 2.91. The van der Waals surface area contributed by atoms with Gasteiger partial charge in [0, 0.05) is 24.6 Å². The van der Waals surface area contributed by atoms with Gasteiger partial charge in [-0.25, -0.2) is 4.98 Å². The minimum Gasteiger partial charge on any atom is -0.452 e. The van der Waals surface area contributed by atoms with E-state index < -0.39 is 0 Å². The first-order chi connectivity index (χ1) is 12.3. The molecule has 6 nitrogen and oxygen atoms in total. The van der Waals surface area contributed by atoms with Crippen LogP contribution in [0.5, 0.6) is 11.5 Å². The Hall–Kier alpha value is -3.15. The summed E-state index contributed by atoms with van der Waals surface area (Å²) in [4.78, 5) is 12.1. The third-order valence-electron chi connectivity index (χ3n) is 4.56. The molecule has 0 saturated heterocycles. The van der Waals surface area contributed by atoms with Crippen LogP contribution in [-0.4, -0.2) is 24.7 Å². The number of nitrogens with zero attached hydrogens (tertiary/aromatic N) is 4. The van der Waals surface area contributed by atoms with Crippen LogP contribution in [0.1, 0.15) is 17.8 Å². The van der Waals surface area contributed by atoms with Gasteiger partial charge >= 0.3 is 0 Å². The fraction of sp³-hybridized carbons (Fsp3) is 0.211. The van der Waals surface area contributed by atoms with Crippen LogP contribution >= 0.6 is 0 Å². The molecule has 0 saturated carbocycles. The SMILES string of the molecule is Cc1cccc(-c2nn3c(c2Oc2ccnc4[nH]ccc24)CCC3)n1. The predicted octanol–water partition coefficient (Wildman–Crippen LogP) is 3.87. The van der Waals surface area contributed by atoms with Crippen molar-refractivity contribution in [3.63, 3.8) is 0 Å². The molecule has 0 aromatic carbocycles. The number of pyridine rings is 2. The molecule has 5 heterocycles. The van der Waals surface area contributed by atoms with Crippen LogP contribution in [0, 0.1) is 6.92 Å². The van der Waals surface area contributed by atoms with E-state index in [1.54, 1.807) is 6.20 Å². The largest absolute Gasteiger partial charge is 0.452 e. The molecule has 124 valence electrons. The van der Waals surface area contributed by atoms with E-state index in [-0.39, 0.29) is 0 Å². The van der Waals surface area contributed by atoms with Crippen LogP contribution < -0.4 is 4.74 Å². The Kier molecular flexibility index (Phi) is 3.09. The van der Waals surface area contributed by atoms with Crippen molar-refractivity contribution >= 4 is 11.0 Å². The van der Waals surface area contributed by atoms with Gasteiger partial charge in [-0.3, -0.25) is 9.67 Å². The van der Waals surface area contributed by atoms with E-state index in [2.05, 4.69) is 15.0 Å². The number of aryl methyl sites for hydroxylation is 2. The quantitative estimate of drug-likeness (QED) is 0.619. The fourth-order valence-corrected chi connectivity index (χ4v) is 3.39. The molecule has 1 N–H and O–H groups in total. The van der Waals surface area contributed by atoms with Gasteiger partial charge in [0.2, 0.25) is 0 Å². The van der Waals surface area contributed by atoms with Crippen LogP contribution in [0.15, 0.2) is 42.7 Å². The van der Waals surface area contributed by atoms with Crippen molar-refractivity contribution in [3.05, 3.63) is 54.1 Å². The lowest BCUT2D eigenvalue weighted by molar-refractivity contribution is 0.483. The lowest BCUT2D eigenvalue weighted by Crippen LogP contribution is -1.95. The monoisotopic (exact) mass is 331 g/mol. The number of hydrogen-bond acceptors (Lipinski definition) is 4. The van der Waals surface area contributed by atoms with Gasteiger partial charge in [-0.05, 0) is 44.0 Å². The van der Waals surface area contributed by atoms with Crippen LogP contribution in [0.2, 0.25) is 0 Å². The van der Waals surface area contributed by atoms with E-state index in [0.717, 1.165) is 64.7 Å². The zero-order valence-electron chi connectivity index (χ0n) is 13.9. The first-order valence-corrected chi connectivity index (χ1v) is 8.43. The highest BCUT2D eigenvalue weighted by molar-refractivity contribution is 5.83. The number of hydrogen-bond donors (Lipinski definition) is 1. The molecule has 0 aliphatic carbocycles. The van der Waals surface area contributed by atoms with Gasteiger partial charge in [-0.15, -0.1) is 0 Å². The van der Waals surface area contributed by atoms with Crippen molar-refractivity contribution in [1.82, 2.24) is 24.7 Å². The maximum Gasteiger partial charge on any atom is 0.178 e. The number of nitrogens with one attached hydrogen (secondary N) is 1. The topological polar surface area (TPSA) is 68.6 Å². The Labute approximate surface area is 144 Å². The molecule has 6 heteroatoms. The lowest BCUT2D eigenvalue weighted by atomic mass is 10.2. The first-order valence-electron chi connectivity index (χ1n) is 8.43. The number of fused-ring (bicyclic) bond motifs is 2. The van der Waals surface area contributed by atoms with Crippen molar-refractivity contribution in [2.75, 3.05) is 0 Å². The van der Waals surface area contributed by atoms with Gasteiger partial charge in [-0.2, -0.15) is 5.10 Å². The lowest BCUT2D eigenvalue weighted by Gasteiger charge is -2.09. The highest BCUT2D eigenvalue weighted by atomic mass is 16.5. The van der Waals surface area contributed by atoms with Crippen LogP contribution in [0.3, 0.4) is 0 Å². The van der Waals surface area contributed by atoms with Crippen molar-refractivity contribution < 1.29 is 4.74 Å². The Morgan fingerprint density at radius 3 is 3.08 bits per heavy atom. The minimum absolute atomic E-state index is 0.780. The van der Waals surface area contributed by atoms with E-state index in [4.69, 9.17) is 9.84 Å². The van der Waals surface area contributed by atoms with Crippen molar-refractivity contribution in [2.45, 2.75) is 26.3 Å². The fourth-order valence-electron chi connectivity index (χ4n) is 3.39. The zero-order chi connectivity index (χ0) is 16.8. The normalized spacial score (nSPS) is 13.3. The summed E-state index contributed by atoms with van der Waals surface area (Å²) in [5.74, 6) is 1.59. The Balaban J connectivity index is 1.66. The molecule has 0 spiro atoms. The third-order valence-corrected chi connectivity index (χ3v) is 4.56. The Morgan fingerprint density at radius 1 is 1.20 bits per heavy atom. The van der Waals surface area contributed by atoms with Crippen LogP contribution in [0.4, 0.5) is 0 Å².